The van der Waals surface area contributed by atoms with Gasteiger partial charge in [-0.15, -0.1) is 0 Å². The fraction of sp³-hybridized carbons (Fsp3) is 0.412. The molecule has 2 N–H and O–H groups in total. The Balaban J connectivity index is 0.000000446. The Kier molecular flexibility index (Phi) is 13.7. The molecule has 0 aliphatic rings. The molecule has 7 heteroatoms. The van der Waals surface area contributed by atoms with Gasteiger partial charge in [-0.1, -0.05) is 80.6 Å². The fourth-order valence-corrected chi connectivity index (χ4v) is 4.64. The van der Waals surface area contributed by atoms with Crippen molar-refractivity contribution < 1.29 is 29.6 Å². The minimum absolute atomic E-state index is 0.0446. The highest BCUT2D eigenvalue weighted by molar-refractivity contribution is 5.75. The monoisotopic (exact) mass is 562 g/mol. The molecule has 41 heavy (non-hydrogen) atoms. The van der Waals surface area contributed by atoms with Crippen LogP contribution >= 0.6 is 0 Å². The molecule has 3 aromatic carbocycles. The quantitative estimate of drug-likeness (QED) is 0.240. The molecular weight excluding hydrogens is 518 g/mol. The molecule has 3 aromatic rings. The summed E-state index contributed by atoms with van der Waals surface area (Å²) in [7, 11) is 0. The first-order valence-electron chi connectivity index (χ1n) is 14.2. The number of carboxylic acids is 1. The van der Waals surface area contributed by atoms with Gasteiger partial charge < -0.3 is 24.9 Å². The number of carboxylic acid groups (broad SMARTS) is 1. The Labute approximate surface area is 244 Å². The summed E-state index contributed by atoms with van der Waals surface area (Å²) >= 11 is 0. The van der Waals surface area contributed by atoms with Crippen molar-refractivity contribution in [1.82, 2.24) is 4.90 Å². The van der Waals surface area contributed by atoms with E-state index in [0.29, 0.717) is 23.4 Å². The van der Waals surface area contributed by atoms with Gasteiger partial charge in [-0.25, -0.2) is 0 Å². The van der Waals surface area contributed by atoms with E-state index < -0.39 is 12.1 Å². The van der Waals surface area contributed by atoms with Crippen molar-refractivity contribution in [1.29, 1.82) is 0 Å². The summed E-state index contributed by atoms with van der Waals surface area (Å²) in [4.78, 5) is 25.0. The summed E-state index contributed by atoms with van der Waals surface area (Å²) in [5.41, 5.74) is 3.29. The molecule has 7 nitrogen and oxygen atoms in total. The number of benzene rings is 3. The first kappa shape index (κ1) is 33.7. The van der Waals surface area contributed by atoms with Crippen LogP contribution in [0.1, 0.15) is 82.2 Å². The molecule has 0 spiro atoms. The highest BCUT2D eigenvalue weighted by Gasteiger charge is 2.24. The van der Waals surface area contributed by atoms with Gasteiger partial charge in [-0.3, -0.25) is 9.69 Å². The van der Waals surface area contributed by atoms with Crippen LogP contribution in [0.25, 0.3) is 0 Å². The number of carbonyl (C=O) groups excluding carboxylic acids is 2. The van der Waals surface area contributed by atoms with E-state index in [4.69, 9.17) is 9.84 Å². The zero-order chi connectivity index (χ0) is 30.5. The Morgan fingerprint density at radius 2 is 1.37 bits per heavy atom. The number of carbonyl (C=O) groups is 2. The number of aliphatic carboxylic acids is 1. The number of ether oxygens (including phenoxy) is 1. The lowest BCUT2D eigenvalue weighted by Crippen LogP contribution is -2.38. The van der Waals surface area contributed by atoms with Crippen LogP contribution < -0.4 is 9.84 Å². The summed E-state index contributed by atoms with van der Waals surface area (Å²) in [5.74, 6) is -1.28. The number of hydrogen-bond donors (Lipinski definition) is 2. The van der Waals surface area contributed by atoms with E-state index in [-0.39, 0.29) is 24.4 Å². The predicted molar refractivity (Wildman–Crippen MR) is 159 cm³/mol. The minimum Gasteiger partial charge on any atom is -0.547 e. The van der Waals surface area contributed by atoms with Gasteiger partial charge in [0.25, 0.3) is 0 Å². The molecule has 0 saturated heterocycles. The number of aliphatic hydroxyl groups is 2. The lowest BCUT2D eigenvalue weighted by molar-refractivity contribution is -0.315. The second kappa shape index (κ2) is 16.7. The van der Waals surface area contributed by atoms with E-state index in [1.165, 1.54) is 17.7 Å². The van der Waals surface area contributed by atoms with Gasteiger partial charge in [0.1, 0.15) is 11.9 Å². The van der Waals surface area contributed by atoms with Crippen LogP contribution in [0.15, 0.2) is 78.9 Å². The molecule has 3 rings (SSSR count). The van der Waals surface area contributed by atoms with Gasteiger partial charge in [0.2, 0.25) is 0 Å². The number of hydrogen-bond acceptors (Lipinski definition) is 7. The van der Waals surface area contributed by atoms with Gasteiger partial charge in [0.05, 0.1) is 18.5 Å². The minimum atomic E-state index is -1.52. The molecule has 222 valence electrons. The summed E-state index contributed by atoms with van der Waals surface area (Å²) < 4.78 is 5.78. The van der Waals surface area contributed by atoms with Crippen molar-refractivity contribution in [3.8, 4) is 5.75 Å². The number of nitrogens with zero attached hydrogens (tertiary/aromatic N) is 1. The van der Waals surface area contributed by atoms with Gasteiger partial charge in [-0.2, -0.15) is 0 Å². The van der Waals surface area contributed by atoms with Crippen LogP contribution in [-0.4, -0.2) is 45.7 Å². The largest absolute Gasteiger partial charge is 0.547 e. The average Bonchev–Trinajstić information content (AvgIpc) is 2.96. The van der Waals surface area contributed by atoms with Crippen molar-refractivity contribution in [2.24, 2.45) is 5.92 Å². The van der Waals surface area contributed by atoms with Crippen LogP contribution in [0.3, 0.4) is 0 Å². The van der Waals surface area contributed by atoms with E-state index in [2.05, 4.69) is 44.7 Å². The predicted octanol–water partition coefficient (Wildman–Crippen LogP) is 4.85. The number of esters is 1. The number of aliphatic hydroxyl groups excluding tert-OH is 2. The lowest BCUT2D eigenvalue weighted by Gasteiger charge is -2.32. The summed E-state index contributed by atoms with van der Waals surface area (Å²) in [6.45, 7) is 13.4. The Bertz CT molecular complexity index is 1200. The van der Waals surface area contributed by atoms with Crippen LogP contribution in [-0.2, 0) is 16.2 Å². The molecule has 0 fully saturated rings. The third-order valence-electron chi connectivity index (χ3n) is 6.86. The summed E-state index contributed by atoms with van der Waals surface area (Å²) in [5, 5.41) is 28.8. The molecule has 1 unspecified atom stereocenters. The molecule has 0 bridgehead atoms. The molecular formula is C34H44NO6-. The van der Waals surface area contributed by atoms with Gasteiger partial charge >= 0.3 is 5.97 Å². The second-order valence-corrected chi connectivity index (χ2v) is 10.9. The molecule has 0 saturated carbocycles. The Morgan fingerprint density at radius 1 is 0.829 bits per heavy atom. The third-order valence-corrected chi connectivity index (χ3v) is 6.86. The van der Waals surface area contributed by atoms with Gasteiger partial charge in [0, 0.05) is 23.6 Å². The van der Waals surface area contributed by atoms with E-state index in [1.54, 1.807) is 18.2 Å². The maximum absolute atomic E-state index is 12.3. The number of rotatable bonds is 12. The van der Waals surface area contributed by atoms with Gasteiger partial charge in [0.15, 0.2) is 0 Å². The first-order valence-corrected chi connectivity index (χ1v) is 14.2. The lowest BCUT2D eigenvalue weighted by atomic mass is 9.86. The van der Waals surface area contributed by atoms with Crippen molar-refractivity contribution in [3.05, 3.63) is 101 Å². The summed E-state index contributed by atoms with van der Waals surface area (Å²) in [6.07, 6.45) is -0.627. The average molecular weight is 563 g/mol. The molecule has 0 heterocycles. The smallest absolute Gasteiger partial charge is 0.313 e. The standard InChI is InChI=1S/C26H37NO3.C8H8O3/c1-18(2)26(29)30-25-13-12-21(17-28)16-24(25)23(22-10-8-7-9-11-22)14-15-27(19(3)4)20(5)6;9-7(8(10)11)6-4-2-1-3-5-6/h7-13,16,18-20,23,28H,14-15,17H2,1-6H3;1-5,7,9H,(H,10,11)/p-1/t23-;/m1./s1. The van der Waals surface area contributed by atoms with E-state index in [1.807, 2.05) is 50.2 Å². The first-order chi connectivity index (χ1) is 19.5. The van der Waals surface area contributed by atoms with E-state index >= 15 is 0 Å². The highest BCUT2D eigenvalue weighted by atomic mass is 16.5. The van der Waals surface area contributed by atoms with Crippen LogP contribution in [0.2, 0.25) is 0 Å². The van der Waals surface area contributed by atoms with Crippen LogP contribution in [0.5, 0.6) is 5.75 Å². The molecule has 0 amide bonds. The second-order valence-electron chi connectivity index (χ2n) is 10.9. The Hall–Kier alpha value is -3.52. The van der Waals surface area contributed by atoms with Crippen molar-refractivity contribution >= 4 is 11.9 Å². The third kappa shape index (κ3) is 10.4. The van der Waals surface area contributed by atoms with Crippen molar-refractivity contribution in [2.45, 2.75) is 78.7 Å². The van der Waals surface area contributed by atoms with Crippen molar-refractivity contribution in [2.75, 3.05) is 6.54 Å². The van der Waals surface area contributed by atoms with Crippen molar-refractivity contribution in [3.63, 3.8) is 0 Å². The topological polar surface area (TPSA) is 110 Å². The van der Waals surface area contributed by atoms with E-state index in [9.17, 15) is 19.8 Å². The van der Waals surface area contributed by atoms with Crippen LogP contribution in [0, 0.1) is 5.92 Å². The molecule has 0 radical (unpaired) electrons. The van der Waals surface area contributed by atoms with Gasteiger partial charge in [-0.05, 0) is 69.5 Å². The molecule has 0 aromatic heterocycles. The SMILES string of the molecule is CC(C)C(=O)Oc1ccc(CO)cc1[C@H](CCN(C(C)C)C(C)C)c1ccccc1.O=C([O-])C(O)c1ccccc1. The normalized spacial score (nSPS) is 12.7. The highest BCUT2D eigenvalue weighted by Crippen LogP contribution is 2.36. The van der Waals surface area contributed by atoms with Crippen LogP contribution in [0.4, 0.5) is 0 Å². The zero-order valence-corrected chi connectivity index (χ0v) is 25.0. The maximum Gasteiger partial charge on any atom is 0.313 e. The fourth-order valence-electron chi connectivity index (χ4n) is 4.64. The maximum atomic E-state index is 12.3. The zero-order valence-electron chi connectivity index (χ0n) is 25.0. The molecule has 0 aliphatic heterocycles. The van der Waals surface area contributed by atoms with E-state index in [0.717, 1.165) is 24.1 Å². The summed E-state index contributed by atoms with van der Waals surface area (Å²) in [6, 6.07) is 25.0. The molecule has 0 aliphatic carbocycles. The molecule has 2 atom stereocenters. The Morgan fingerprint density at radius 3 is 1.83 bits per heavy atom.